The third-order valence-electron chi connectivity index (χ3n) is 3.66. The summed E-state index contributed by atoms with van der Waals surface area (Å²) < 4.78 is 5.49. The van der Waals surface area contributed by atoms with Crippen molar-refractivity contribution in [2.24, 2.45) is 0 Å². The van der Waals surface area contributed by atoms with Crippen molar-refractivity contribution in [1.29, 1.82) is 0 Å². The molecular weight excluding hydrogens is 326 g/mol. The summed E-state index contributed by atoms with van der Waals surface area (Å²) in [5.41, 5.74) is 2.27. The maximum atomic E-state index is 10.7. The minimum Gasteiger partial charge on any atom is -0.423 e. The molecule has 2 aromatic carbocycles. The predicted octanol–water partition coefficient (Wildman–Crippen LogP) is 3.98. The fourth-order valence-electron chi connectivity index (χ4n) is 2.41. The summed E-state index contributed by atoms with van der Waals surface area (Å²) in [6, 6.07) is 14.8. The molecule has 1 aromatic heterocycles. The number of benzene rings is 2. The monoisotopic (exact) mass is 343 g/mol. The molecule has 0 aliphatic carbocycles. The van der Waals surface area contributed by atoms with Crippen LogP contribution < -0.4 is 5.32 Å². The number of aliphatic hydroxyl groups excluding tert-OH is 1. The molecule has 3 aromatic rings. The first-order valence-corrected chi connectivity index (χ1v) is 8.12. The molecule has 124 valence electrons. The number of nitrogens with one attached hydrogen (secondary N) is 1. The first-order chi connectivity index (χ1) is 11.7. The van der Waals surface area contributed by atoms with Crippen LogP contribution in [0.2, 0.25) is 5.02 Å². The molecule has 6 heteroatoms. The van der Waals surface area contributed by atoms with Gasteiger partial charge in [0.05, 0.1) is 6.54 Å². The van der Waals surface area contributed by atoms with Crippen LogP contribution in [0.1, 0.15) is 35.9 Å². The number of aromatic nitrogens is 2. The first kappa shape index (κ1) is 16.5. The van der Waals surface area contributed by atoms with E-state index in [1.54, 1.807) is 12.1 Å². The van der Waals surface area contributed by atoms with E-state index < -0.39 is 6.10 Å². The number of rotatable bonds is 6. The molecule has 0 aliphatic heterocycles. The van der Waals surface area contributed by atoms with E-state index in [1.165, 1.54) is 0 Å². The molecule has 0 spiro atoms. The quantitative estimate of drug-likeness (QED) is 0.708. The summed E-state index contributed by atoms with van der Waals surface area (Å²) in [5.74, 6) is 1.11. The number of aryl methyl sites for hydroxylation is 1. The molecule has 2 N–H and O–H groups in total. The van der Waals surface area contributed by atoms with Gasteiger partial charge < -0.3 is 14.8 Å². The normalized spacial score (nSPS) is 12.1. The first-order valence-electron chi connectivity index (χ1n) is 7.75. The number of hydrogen-bond acceptors (Lipinski definition) is 5. The summed E-state index contributed by atoms with van der Waals surface area (Å²) >= 11 is 6.11. The highest BCUT2D eigenvalue weighted by molar-refractivity contribution is 6.30. The number of aliphatic hydroxyl groups is 1. The molecule has 0 radical (unpaired) electrons. The Bertz CT molecular complexity index is 805. The van der Waals surface area contributed by atoms with E-state index in [-0.39, 0.29) is 0 Å². The van der Waals surface area contributed by atoms with Crippen molar-refractivity contribution in [3.63, 3.8) is 0 Å². The largest absolute Gasteiger partial charge is 0.423 e. The van der Waals surface area contributed by atoms with Gasteiger partial charge in [0.2, 0.25) is 11.8 Å². The summed E-state index contributed by atoms with van der Waals surface area (Å²) in [6.07, 6.45) is -0.0763. The van der Waals surface area contributed by atoms with E-state index in [0.29, 0.717) is 35.3 Å². The van der Waals surface area contributed by atoms with E-state index in [2.05, 4.69) is 15.5 Å². The zero-order chi connectivity index (χ0) is 16.9. The highest BCUT2D eigenvalue weighted by atomic mass is 35.5. The van der Waals surface area contributed by atoms with Gasteiger partial charge in [0.1, 0.15) is 6.10 Å². The van der Waals surface area contributed by atoms with E-state index >= 15 is 0 Å². The Morgan fingerprint density at radius 1 is 1.12 bits per heavy atom. The molecule has 5 nitrogen and oxygen atoms in total. The average Bonchev–Trinajstić information content (AvgIpc) is 3.09. The molecule has 0 saturated heterocycles. The van der Waals surface area contributed by atoms with Crippen molar-refractivity contribution < 1.29 is 9.52 Å². The van der Waals surface area contributed by atoms with E-state index in [4.69, 9.17) is 16.0 Å². The second kappa shape index (κ2) is 7.47. The number of halogens is 1. The van der Waals surface area contributed by atoms with Gasteiger partial charge in [0.15, 0.2) is 0 Å². The molecule has 1 atom stereocenters. The maximum absolute atomic E-state index is 10.7. The maximum Gasteiger partial charge on any atom is 0.235 e. The summed E-state index contributed by atoms with van der Waals surface area (Å²) in [6.45, 7) is 2.33. The lowest BCUT2D eigenvalue weighted by molar-refractivity contribution is 0.221. The summed E-state index contributed by atoms with van der Waals surface area (Å²) in [7, 11) is 0. The van der Waals surface area contributed by atoms with Crippen LogP contribution in [0.3, 0.4) is 0 Å². The van der Waals surface area contributed by atoms with Gasteiger partial charge in [-0.05, 0) is 23.8 Å². The lowest BCUT2D eigenvalue weighted by Crippen LogP contribution is -2.07. The number of hydrogen-bond donors (Lipinski definition) is 2. The molecule has 0 saturated carbocycles. The fourth-order valence-corrected chi connectivity index (χ4v) is 2.59. The predicted molar refractivity (Wildman–Crippen MR) is 93.0 cm³/mol. The summed E-state index contributed by atoms with van der Waals surface area (Å²) in [4.78, 5) is 0. The highest BCUT2D eigenvalue weighted by Crippen LogP contribution is 2.31. The molecule has 0 bridgehead atoms. The Morgan fingerprint density at radius 3 is 2.58 bits per heavy atom. The van der Waals surface area contributed by atoms with Crippen LogP contribution in [0.25, 0.3) is 0 Å². The Kier molecular flexibility index (Phi) is 5.13. The van der Waals surface area contributed by atoms with Gasteiger partial charge in [-0.15, -0.1) is 10.2 Å². The Labute approximate surface area is 145 Å². The minimum atomic E-state index is -0.777. The lowest BCUT2D eigenvalue weighted by atomic mass is 10.00. The van der Waals surface area contributed by atoms with Crippen molar-refractivity contribution in [2.45, 2.75) is 26.0 Å². The van der Waals surface area contributed by atoms with Gasteiger partial charge in [-0.3, -0.25) is 0 Å². The Balaban J connectivity index is 1.82. The molecule has 1 heterocycles. The van der Waals surface area contributed by atoms with Crippen molar-refractivity contribution in [3.05, 3.63) is 76.5 Å². The highest BCUT2D eigenvalue weighted by Gasteiger charge is 2.16. The second-order valence-corrected chi connectivity index (χ2v) is 5.78. The van der Waals surface area contributed by atoms with Gasteiger partial charge >= 0.3 is 0 Å². The van der Waals surface area contributed by atoms with E-state index in [1.807, 2.05) is 43.3 Å². The number of nitrogens with zero attached hydrogens (tertiary/aromatic N) is 2. The topological polar surface area (TPSA) is 71.2 Å². The van der Waals surface area contributed by atoms with E-state index in [9.17, 15) is 5.11 Å². The zero-order valence-corrected chi connectivity index (χ0v) is 14.0. The van der Waals surface area contributed by atoms with Crippen LogP contribution in [0.5, 0.6) is 0 Å². The number of anilines is 1. The van der Waals surface area contributed by atoms with Crippen LogP contribution >= 0.6 is 11.6 Å². The third-order valence-corrected chi connectivity index (χ3v) is 3.90. The van der Waals surface area contributed by atoms with Crippen LogP contribution in [-0.4, -0.2) is 15.3 Å². The van der Waals surface area contributed by atoms with Gasteiger partial charge in [0.25, 0.3) is 0 Å². The van der Waals surface area contributed by atoms with Crippen LogP contribution in [0.4, 0.5) is 5.69 Å². The molecule has 3 rings (SSSR count). The van der Waals surface area contributed by atoms with Crippen molar-refractivity contribution >= 4 is 17.3 Å². The molecule has 0 aliphatic rings. The zero-order valence-electron chi connectivity index (χ0n) is 13.2. The second-order valence-electron chi connectivity index (χ2n) is 5.34. The third kappa shape index (κ3) is 3.75. The van der Waals surface area contributed by atoms with Crippen molar-refractivity contribution in [1.82, 2.24) is 10.2 Å². The van der Waals surface area contributed by atoms with Crippen LogP contribution in [0, 0.1) is 0 Å². The van der Waals surface area contributed by atoms with Crippen molar-refractivity contribution in [3.8, 4) is 0 Å². The minimum absolute atomic E-state index is 0.378. The molecule has 0 amide bonds. The molecule has 24 heavy (non-hydrogen) atoms. The standard InChI is InChI=1S/C18H18ClN3O2/c1-2-16-21-22-17(24-16)11-20-15-9-8-13(19)10-14(15)18(23)12-6-4-3-5-7-12/h3-10,18,20,23H,2,11H2,1H3/t18-/m0/s1. The van der Waals surface area contributed by atoms with Gasteiger partial charge in [-0.2, -0.15) is 0 Å². The molecule has 0 fully saturated rings. The lowest BCUT2D eigenvalue weighted by Gasteiger charge is -2.17. The van der Waals surface area contributed by atoms with Crippen LogP contribution in [0.15, 0.2) is 52.9 Å². The molecule has 0 unspecified atom stereocenters. The van der Waals surface area contributed by atoms with Crippen LogP contribution in [-0.2, 0) is 13.0 Å². The Morgan fingerprint density at radius 2 is 1.88 bits per heavy atom. The van der Waals surface area contributed by atoms with E-state index in [0.717, 1.165) is 11.3 Å². The van der Waals surface area contributed by atoms with Gasteiger partial charge in [0, 0.05) is 22.7 Å². The SMILES string of the molecule is CCc1nnc(CNc2ccc(Cl)cc2[C@@H](O)c2ccccc2)o1. The smallest absolute Gasteiger partial charge is 0.235 e. The molecular formula is C18H18ClN3O2. The average molecular weight is 344 g/mol. The van der Waals surface area contributed by atoms with Gasteiger partial charge in [-0.1, -0.05) is 48.9 Å². The fraction of sp³-hybridized carbons (Fsp3) is 0.222. The Hall–Kier alpha value is -2.37. The van der Waals surface area contributed by atoms with Gasteiger partial charge in [-0.25, -0.2) is 0 Å². The van der Waals surface area contributed by atoms with Crippen molar-refractivity contribution in [2.75, 3.05) is 5.32 Å². The summed E-state index contributed by atoms with van der Waals surface area (Å²) in [5, 5.41) is 22.4.